The summed E-state index contributed by atoms with van der Waals surface area (Å²) in [7, 11) is -0.827. The summed E-state index contributed by atoms with van der Waals surface area (Å²) in [5.41, 5.74) is 0.606. The number of para-hydroxylation sites is 2. The Balaban J connectivity index is 1.68. The van der Waals surface area contributed by atoms with Crippen LogP contribution in [0.2, 0.25) is 0 Å². The van der Waals surface area contributed by atoms with Crippen molar-refractivity contribution in [1.82, 2.24) is 9.62 Å². The molecule has 0 heterocycles. The Kier molecular flexibility index (Phi) is 7.98. The Morgan fingerprint density at radius 2 is 1.59 bits per heavy atom. The lowest BCUT2D eigenvalue weighted by Crippen LogP contribution is -2.27. The third-order valence-corrected chi connectivity index (χ3v) is 6.72. The highest BCUT2D eigenvalue weighted by Gasteiger charge is 2.21. The molecule has 0 saturated heterocycles. The van der Waals surface area contributed by atoms with E-state index in [1.54, 1.807) is 36.4 Å². The van der Waals surface area contributed by atoms with E-state index in [0.29, 0.717) is 5.56 Å². The zero-order valence-electron chi connectivity index (χ0n) is 18.6. The summed E-state index contributed by atoms with van der Waals surface area (Å²) in [6.45, 7) is -0.479. The van der Waals surface area contributed by atoms with Crippen molar-refractivity contribution >= 4 is 27.5 Å². The predicted molar refractivity (Wildman–Crippen MR) is 125 cm³/mol. The molecule has 0 unspecified atom stereocenters. The van der Waals surface area contributed by atoms with Gasteiger partial charge < -0.3 is 15.4 Å². The molecule has 3 aromatic rings. The molecular formula is C24H24FN3O5S. The molecule has 3 rings (SSSR count). The SMILES string of the molecule is CN(C)S(=O)(=O)c1ccccc1CNC(=O)c1ccccc1OCC(=O)Nc1ccccc1F. The first-order valence-corrected chi connectivity index (χ1v) is 11.7. The van der Waals surface area contributed by atoms with Crippen LogP contribution in [0.4, 0.5) is 10.1 Å². The molecule has 178 valence electrons. The molecule has 0 saturated carbocycles. The minimum absolute atomic E-state index is 0.0217. The number of anilines is 1. The number of ether oxygens (including phenoxy) is 1. The van der Waals surface area contributed by atoms with E-state index in [0.717, 1.165) is 4.31 Å². The quantitative estimate of drug-likeness (QED) is 0.485. The lowest BCUT2D eigenvalue weighted by Gasteiger charge is -2.16. The van der Waals surface area contributed by atoms with Crippen LogP contribution in [0, 0.1) is 5.82 Å². The number of rotatable bonds is 9. The minimum Gasteiger partial charge on any atom is -0.483 e. The monoisotopic (exact) mass is 485 g/mol. The van der Waals surface area contributed by atoms with Crippen LogP contribution in [-0.4, -0.2) is 45.2 Å². The van der Waals surface area contributed by atoms with Gasteiger partial charge in [-0.25, -0.2) is 17.1 Å². The van der Waals surface area contributed by atoms with Crippen LogP contribution in [0.3, 0.4) is 0 Å². The van der Waals surface area contributed by atoms with Gasteiger partial charge in [-0.1, -0.05) is 42.5 Å². The zero-order chi connectivity index (χ0) is 24.7. The molecule has 0 aliphatic heterocycles. The van der Waals surface area contributed by atoms with Crippen molar-refractivity contribution in [3.63, 3.8) is 0 Å². The molecule has 0 bridgehead atoms. The van der Waals surface area contributed by atoms with Gasteiger partial charge in [0.05, 0.1) is 16.1 Å². The average Bonchev–Trinajstić information content (AvgIpc) is 2.83. The summed E-state index contributed by atoms with van der Waals surface area (Å²) < 4.78 is 45.4. The molecular weight excluding hydrogens is 461 g/mol. The van der Waals surface area contributed by atoms with Gasteiger partial charge in [-0.05, 0) is 35.9 Å². The first kappa shape index (κ1) is 24.9. The first-order chi connectivity index (χ1) is 16.2. The third kappa shape index (κ3) is 5.97. The molecule has 0 aromatic heterocycles. The van der Waals surface area contributed by atoms with E-state index in [1.165, 1.54) is 50.5 Å². The summed E-state index contributed by atoms with van der Waals surface area (Å²) in [4.78, 5) is 25.1. The molecule has 3 aromatic carbocycles. The maximum atomic E-state index is 13.7. The number of nitrogens with zero attached hydrogens (tertiary/aromatic N) is 1. The Hall–Kier alpha value is -3.76. The Morgan fingerprint density at radius 3 is 2.32 bits per heavy atom. The van der Waals surface area contributed by atoms with Gasteiger partial charge in [0.2, 0.25) is 10.0 Å². The van der Waals surface area contributed by atoms with Gasteiger partial charge in [-0.15, -0.1) is 0 Å². The number of hydrogen-bond donors (Lipinski definition) is 2. The van der Waals surface area contributed by atoms with Crippen LogP contribution < -0.4 is 15.4 Å². The molecule has 0 spiro atoms. The predicted octanol–water partition coefficient (Wildman–Crippen LogP) is 3.02. The van der Waals surface area contributed by atoms with E-state index in [4.69, 9.17) is 4.74 Å². The van der Waals surface area contributed by atoms with Crippen molar-refractivity contribution in [3.8, 4) is 5.75 Å². The first-order valence-electron chi connectivity index (χ1n) is 10.2. The van der Waals surface area contributed by atoms with Crippen molar-refractivity contribution in [3.05, 3.63) is 89.7 Å². The molecule has 0 atom stereocenters. The lowest BCUT2D eigenvalue weighted by molar-refractivity contribution is -0.118. The normalized spacial score (nSPS) is 11.2. The highest BCUT2D eigenvalue weighted by atomic mass is 32.2. The lowest BCUT2D eigenvalue weighted by atomic mass is 10.1. The van der Waals surface area contributed by atoms with Crippen LogP contribution in [0.25, 0.3) is 0 Å². The van der Waals surface area contributed by atoms with Gasteiger partial charge in [0.25, 0.3) is 11.8 Å². The van der Waals surface area contributed by atoms with Gasteiger partial charge in [0.1, 0.15) is 11.6 Å². The van der Waals surface area contributed by atoms with E-state index >= 15 is 0 Å². The molecule has 34 heavy (non-hydrogen) atoms. The van der Waals surface area contributed by atoms with Crippen molar-refractivity contribution < 1.29 is 27.1 Å². The number of nitrogens with one attached hydrogen (secondary N) is 2. The summed E-state index contributed by atoms with van der Waals surface area (Å²) in [6.07, 6.45) is 0. The molecule has 2 amide bonds. The van der Waals surface area contributed by atoms with E-state index in [-0.39, 0.29) is 28.4 Å². The molecule has 0 fully saturated rings. The van der Waals surface area contributed by atoms with Crippen molar-refractivity contribution in [1.29, 1.82) is 0 Å². The minimum atomic E-state index is -3.69. The van der Waals surface area contributed by atoms with E-state index in [1.807, 2.05) is 0 Å². The topological polar surface area (TPSA) is 105 Å². The number of benzene rings is 3. The van der Waals surface area contributed by atoms with E-state index < -0.39 is 34.3 Å². The molecule has 8 nitrogen and oxygen atoms in total. The maximum Gasteiger partial charge on any atom is 0.262 e. The molecule has 0 radical (unpaired) electrons. The maximum absolute atomic E-state index is 13.7. The average molecular weight is 486 g/mol. The van der Waals surface area contributed by atoms with Crippen LogP contribution in [0.5, 0.6) is 5.75 Å². The highest BCUT2D eigenvalue weighted by Crippen LogP contribution is 2.21. The summed E-state index contributed by atoms with van der Waals surface area (Å²) in [5.74, 6) is -1.53. The summed E-state index contributed by atoms with van der Waals surface area (Å²) in [5, 5.41) is 5.09. The smallest absolute Gasteiger partial charge is 0.262 e. The van der Waals surface area contributed by atoms with Crippen molar-refractivity contribution in [2.75, 3.05) is 26.0 Å². The Morgan fingerprint density at radius 1 is 0.941 bits per heavy atom. The van der Waals surface area contributed by atoms with Gasteiger partial charge in [-0.3, -0.25) is 9.59 Å². The fourth-order valence-corrected chi connectivity index (χ4v) is 4.16. The standard InChI is InChI=1S/C24H24FN3O5S/c1-28(2)34(31,32)22-14-8-3-9-17(22)15-26-24(30)18-10-4-7-13-21(18)33-16-23(29)27-20-12-6-5-11-19(20)25/h3-14H,15-16H2,1-2H3,(H,26,30)(H,27,29). The summed E-state index contributed by atoms with van der Waals surface area (Å²) >= 11 is 0. The number of amides is 2. The fraction of sp³-hybridized carbons (Fsp3) is 0.167. The Labute approximate surface area is 197 Å². The second-order valence-corrected chi connectivity index (χ2v) is 9.51. The molecule has 10 heteroatoms. The number of sulfonamides is 1. The Bertz CT molecular complexity index is 1300. The number of halogens is 1. The number of carbonyl (C=O) groups excluding carboxylic acids is 2. The number of hydrogen-bond acceptors (Lipinski definition) is 5. The zero-order valence-corrected chi connectivity index (χ0v) is 19.4. The van der Waals surface area contributed by atoms with Gasteiger partial charge >= 0.3 is 0 Å². The fourth-order valence-electron chi connectivity index (χ4n) is 3.04. The van der Waals surface area contributed by atoms with Crippen LogP contribution >= 0.6 is 0 Å². The van der Waals surface area contributed by atoms with Crippen LogP contribution in [-0.2, 0) is 21.4 Å². The van der Waals surface area contributed by atoms with Crippen molar-refractivity contribution in [2.24, 2.45) is 0 Å². The van der Waals surface area contributed by atoms with Gasteiger partial charge in [-0.2, -0.15) is 0 Å². The van der Waals surface area contributed by atoms with Gasteiger partial charge in [0, 0.05) is 20.6 Å². The van der Waals surface area contributed by atoms with Gasteiger partial charge in [0.15, 0.2) is 6.61 Å². The molecule has 2 N–H and O–H groups in total. The largest absolute Gasteiger partial charge is 0.483 e. The molecule has 0 aliphatic carbocycles. The highest BCUT2D eigenvalue weighted by molar-refractivity contribution is 7.89. The molecule has 0 aliphatic rings. The van der Waals surface area contributed by atoms with Crippen molar-refractivity contribution in [2.45, 2.75) is 11.4 Å². The summed E-state index contributed by atoms with van der Waals surface area (Å²) in [6, 6.07) is 18.4. The third-order valence-electron chi connectivity index (χ3n) is 4.81. The second kappa shape index (κ2) is 10.9. The van der Waals surface area contributed by atoms with E-state index in [2.05, 4.69) is 10.6 Å². The number of carbonyl (C=O) groups is 2. The van der Waals surface area contributed by atoms with Crippen LogP contribution in [0.1, 0.15) is 15.9 Å². The van der Waals surface area contributed by atoms with Crippen LogP contribution in [0.15, 0.2) is 77.7 Å². The second-order valence-electron chi connectivity index (χ2n) is 7.39. The van der Waals surface area contributed by atoms with E-state index in [9.17, 15) is 22.4 Å².